The van der Waals surface area contributed by atoms with Crippen molar-refractivity contribution in [1.82, 2.24) is 20.0 Å². The number of rotatable bonds is 6. The third-order valence-corrected chi connectivity index (χ3v) is 4.05. The highest BCUT2D eigenvalue weighted by molar-refractivity contribution is 8.00. The lowest BCUT2D eigenvalue weighted by molar-refractivity contribution is -0.113. The summed E-state index contributed by atoms with van der Waals surface area (Å²) in [6.45, 7) is 0. The first kappa shape index (κ1) is 16.1. The standard InChI is InChI=1S/C15H15N5O3S/c1-20-8-7-12(19-20)14-17-18-15(23-14)16-13(21)9-24-11-5-3-10(22-2)4-6-11/h3-8H,9H2,1-2H3,(H,16,18,21). The molecule has 9 heteroatoms. The Morgan fingerprint density at radius 3 is 2.75 bits per heavy atom. The van der Waals surface area contributed by atoms with E-state index in [1.54, 1.807) is 31.1 Å². The summed E-state index contributed by atoms with van der Waals surface area (Å²) < 4.78 is 12.1. The van der Waals surface area contributed by atoms with Gasteiger partial charge in [-0.05, 0) is 30.3 Å². The van der Waals surface area contributed by atoms with Gasteiger partial charge in [-0.15, -0.1) is 16.9 Å². The van der Waals surface area contributed by atoms with Crippen LogP contribution >= 0.6 is 11.8 Å². The van der Waals surface area contributed by atoms with Gasteiger partial charge in [-0.3, -0.25) is 14.8 Å². The quantitative estimate of drug-likeness (QED) is 0.684. The molecule has 2 aromatic heterocycles. The minimum atomic E-state index is -0.230. The third-order valence-electron chi connectivity index (χ3n) is 3.03. The van der Waals surface area contributed by atoms with E-state index in [0.29, 0.717) is 5.69 Å². The summed E-state index contributed by atoms with van der Waals surface area (Å²) in [5.74, 6) is 1.03. The largest absolute Gasteiger partial charge is 0.497 e. The number of thioether (sulfide) groups is 1. The highest BCUT2D eigenvalue weighted by atomic mass is 32.2. The molecular formula is C15H15N5O3S. The maximum atomic E-state index is 12.0. The average molecular weight is 345 g/mol. The van der Waals surface area contributed by atoms with E-state index in [9.17, 15) is 4.79 Å². The summed E-state index contributed by atoms with van der Waals surface area (Å²) in [6, 6.07) is 9.27. The van der Waals surface area contributed by atoms with Crippen molar-refractivity contribution in [3.05, 3.63) is 36.5 Å². The van der Waals surface area contributed by atoms with Gasteiger partial charge in [-0.1, -0.05) is 5.10 Å². The molecule has 3 aromatic rings. The first-order valence-corrected chi connectivity index (χ1v) is 8.03. The highest BCUT2D eigenvalue weighted by Gasteiger charge is 2.13. The molecule has 2 heterocycles. The van der Waals surface area contributed by atoms with E-state index in [1.807, 2.05) is 24.3 Å². The molecule has 0 aliphatic rings. The molecule has 0 aliphatic carbocycles. The number of methoxy groups -OCH3 is 1. The van der Waals surface area contributed by atoms with E-state index in [4.69, 9.17) is 9.15 Å². The van der Waals surface area contributed by atoms with Crippen LogP contribution in [0.4, 0.5) is 6.01 Å². The fraction of sp³-hybridized carbons (Fsp3) is 0.200. The molecule has 0 saturated carbocycles. The van der Waals surface area contributed by atoms with Crippen molar-refractivity contribution in [2.75, 3.05) is 18.2 Å². The van der Waals surface area contributed by atoms with E-state index >= 15 is 0 Å². The molecule has 0 aliphatic heterocycles. The van der Waals surface area contributed by atoms with Gasteiger partial charge in [0, 0.05) is 18.1 Å². The SMILES string of the molecule is COc1ccc(SCC(=O)Nc2nnc(-c3ccn(C)n3)o2)cc1. The van der Waals surface area contributed by atoms with Gasteiger partial charge in [0.1, 0.15) is 11.4 Å². The van der Waals surface area contributed by atoms with Gasteiger partial charge in [0.2, 0.25) is 5.91 Å². The van der Waals surface area contributed by atoms with Crippen LogP contribution in [0.5, 0.6) is 5.75 Å². The Bertz CT molecular complexity index is 828. The maximum absolute atomic E-state index is 12.0. The Kier molecular flexibility index (Phi) is 4.80. The first-order chi connectivity index (χ1) is 11.6. The van der Waals surface area contributed by atoms with E-state index in [-0.39, 0.29) is 23.6 Å². The van der Waals surface area contributed by atoms with Crippen molar-refractivity contribution in [3.8, 4) is 17.3 Å². The topological polar surface area (TPSA) is 95.1 Å². The molecule has 0 unspecified atom stereocenters. The molecule has 1 amide bonds. The van der Waals surface area contributed by atoms with Crippen molar-refractivity contribution < 1.29 is 13.9 Å². The number of hydrogen-bond donors (Lipinski definition) is 1. The second kappa shape index (κ2) is 7.18. The van der Waals surface area contributed by atoms with Gasteiger partial charge in [-0.25, -0.2) is 0 Å². The number of hydrogen-bond acceptors (Lipinski definition) is 7. The number of carbonyl (C=O) groups is 1. The van der Waals surface area contributed by atoms with Gasteiger partial charge in [0.05, 0.1) is 12.9 Å². The van der Waals surface area contributed by atoms with Crippen LogP contribution in [0.15, 0.2) is 45.8 Å². The van der Waals surface area contributed by atoms with Crippen LogP contribution in [0.2, 0.25) is 0 Å². The number of aryl methyl sites for hydroxylation is 1. The Hall–Kier alpha value is -2.81. The van der Waals surface area contributed by atoms with Gasteiger partial charge in [0.25, 0.3) is 5.89 Å². The third kappa shape index (κ3) is 3.93. The van der Waals surface area contributed by atoms with Crippen molar-refractivity contribution in [3.63, 3.8) is 0 Å². The molecule has 1 N–H and O–H groups in total. The Morgan fingerprint density at radius 1 is 1.29 bits per heavy atom. The minimum Gasteiger partial charge on any atom is -0.497 e. The molecule has 3 rings (SSSR count). The smallest absolute Gasteiger partial charge is 0.322 e. The zero-order valence-corrected chi connectivity index (χ0v) is 13.9. The molecule has 8 nitrogen and oxygen atoms in total. The second-order valence-electron chi connectivity index (χ2n) is 4.80. The maximum Gasteiger partial charge on any atom is 0.322 e. The fourth-order valence-corrected chi connectivity index (χ4v) is 2.58. The van der Waals surface area contributed by atoms with Crippen LogP contribution in [0.25, 0.3) is 11.6 Å². The van der Waals surface area contributed by atoms with Crippen molar-refractivity contribution >= 4 is 23.7 Å². The average Bonchev–Trinajstić information content (AvgIpc) is 3.22. The lowest BCUT2D eigenvalue weighted by Crippen LogP contribution is -2.14. The first-order valence-electron chi connectivity index (χ1n) is 7.04. The minimum absolute atomic E-state index is 0.0518. The predicted molar refractivity (Wildman–Crippen MR) is 88.8 cm³/mol. The second-order valence-corrected chi connectivity index (χ2v) is 5.85. The molecule has 0 bridgehead atoms. The fourth-order valence-electron chi connectivity index (χ4n) is 1.88. The zero-order valence-electron chi connectivity index (χ0n) is 13.1. The predicted octanol–water partition coefficient (Wildman–Crippen LogP) is 2.21. The van der Waals surface area contributed by atoms with E-state index < -0.39 is 0 Å². The highest BCUT2D eigenvalue weighted by Crippen LogP contribution is 2.22. The molecule has 0 atom stereocenters. The van der Waals surface area contributed by atoms with Gasteiger partial charge in [-0.2, -0.15) is 5.10 Å². The molecule has 0 radical (unpaired) electrons. The summed E-state index contributed by atoms with van der Waals surface area (Å²) >= 11 is 1.40. The monoisotopic (exact) mass is 345 g/mol. The normalized spacial score (nSPS) is 10.6. The number of nitrogens with zero attached hydrogens (tertiary/aromatic N) is 4. The van der Waals surface area contributed by atoms with Crippen molar-refractivity contribution in [2.24, 2.45) is 7.05 Å². The van der Waals surface area contributed by atoms with Crippen molar-refractivity contribution in [1.29, 1.82) is 0 Å². The van der Waals surface area contributed by atoms with E-state index in [2.05, 4.69) is 20.6 Å². The summed E-state index contributed by atoms with van der Waals surface area (Å²) in [7, 11) is 3.40. The number of amides is 1. The summed E-state index contributed by atoms with van der Waals surface area (Å²) in [6.07, 6.45) is 1.77. The summed E-state index contributed by atoms with van der Waals surface area (Å²) in [4.78, 5) is 12.9. The lowest BCUT2D eigenvalue weighted by atomic mass is 10.3. The van der Waals surface area contributed by atoms with Crippen LogP contribution in [-0.2, 0) is 11.8 Å². The molecule has 0 fully saturated rings. The Morgan fingerprint density at radius 2 is 2.08 bits per heavy atom. The van der Waals surface area contributed by atoms with E-state index in [1.165, 1.54) is 11.8 Å². The van der Waals surface area contributed by atoms with Crippen LogP contribution in [0, 0.1) is 0 Å². The van der Waals surface area contributed by atoms with Crippen LogP contribution in [0.3, 0.4) is 0 Å². The van der Waals surface area contributed by atoms with Gasteiger partial charge in [0.15, 0.2) is 0 Å². The van der Waals surface area contributed by atoms with Gasteiger partial charge < -0.3 is 9.15 Å². The van der Waals surface area contributed by atoms with Crippen LogP contribution in [0.1, 0.15) is 0 Å². The number of anilines is 1. The molecule has 0 spiro atoms. The van der Waals surface area contributed by atoms with Gasteiger partial charge >= 0.3 is 6.01 Å². The molecule has 0 saturated heterocycles. The lowest BCUT2D eigenvalue weighted by Gasteiger charge is -2.03. The number of benzene rings is 1. The van der Waals surface area contributed by atoms with E-state index in [0.717, 1.165) is 10.6 Å². The number of carbonyl (C=O) groups excluding carboxylic acids is 1. The number of ether oxygens (including phenoxy) is 1. The molecular weight excluding hydrogens is 330 g/mol. The Labute approximate surface area is 142 Å². The molecule has 24 heavy (non-hydrogen) atoms. The van der Waals surface area contributed by atoms with Crippen LogP contribution < -0.4 is 10.1 Å². The zero-order chi connectivity index (χ0) is 16.9. The molecule has 1 aromatic carbocycles. The number of nitrogens with one attached hydrogen (secondary N) is 1. The molecule has 124 valence electrons. The summed E-state index contributed by atoms with van der Waals surface area (Å²) in [5, 5.41) is 14.4. The number of aromatic nitrogens is 4. The summed E-state index contributed by atoms with van der Waals surface area (Å²) in [5.41, 5.74) is 0.554. The Balaban J connectivity index is 1.54. The van der Waals surface area contributed by atoms with Crippen molar-refractivity contribution in [2.45, 2.75) is 4.90 Å². The van der Waals surface area contributed by atoms with Crippen LogP contribution in [-0.4, -0.2) is 38.7 Å².